The van der Waals surface area contributed by atoms with Crippen LogP contribution in [-0.4, -0.2) is 21.0 Å². The second-order valence-corrected chi connectivity index (χ2v) is 2.18. The van der Waals surface area contributed by atoms with Gasteiger partial charge in [-0.2, -0.15) is 4.40 Å². The Labute approximate surface area is 52.9 Å². The molecule has 0 radical (unpaired) electrons. The standard InChI is InChI=1S/C2H2N3O3S/c6-2-3-1-4-9(8)5(2)7/h1H,(H,3,4,6)/q-1. The quantitative estimate of drug-likeness (QED) is 0.483. The van der Waals surface area contributed by atoms with Crippen LogP contribution in [-0.2, 0) is 11.2 Å². The van der Waals surface area contributed by atoms with E-state index in [9.17, 15) is 14.2 Å². The average Bonchev–Trinajstić information content (AvgIpc) is 1.83. The first-order valence-corrected chi connectivity index (χ1v) is 3.00. The van der Waals surface area contributed by atoms with E-state index in [4.69, 9.17) is 0 Å². The molecule has 6 nitrogen and oxygen atoms in total. The van der Waals surface area contributed by atoms with Gasteiger partial charge in [-0.15, -0.1) is 0 Å². The fourth-order valence-corrected chi connectivity index (χ4v) is 0.716. The molecule has 0 aromatic carbocycles. The van der Waals surface area contributed by atoms with Crippen LogP contribution in [0.15, 0.2) is 4.40 Å². The van der Waals surface area contributed by atoms with Crippen molar-refractivity contribution in [3.63, 3.8) is 0 Å². The first-order valence-electron chi connectivity index (χ1n) is 1.94. The Morgan fingerprint density at radius 2 is 2.56 bits per heavy atom. The van der Waals surface area contributed by atoms with Gasteiger partial charge in [0.2, 0.25) is 11.2 Å². The van der Waals surface area contributed by atoms with Crippen LogP contribution in [0.5, 0.6) is 0 Å². The van der Waals surface area contributed by atoms with Crippen molar-refractivity contribution in [2.45, 2.75) is 0 Å². The van der Waals surface area contributed by atoms with E-state index >= 15 is 0 Å². The van der Waals surface area contributed by atoms with Crippen molar-refractivity contribution in [3.8, 4) is 0 Å². The Kier molecular flexibility index (Phi) is 1.45. The lowest BCUT2D eigenvalue weighted by atomic mass is 11.0. The van der Waals surface area contributed by atoms with Gasteiger partial charge in [-0.1, -0.05) is 0 Å². The van der Waals surface area contributed by atoms with Crippen molar-refractivity contribution in [2.24, 2.45) is 4.40 Å². The van der Waals surface area contributed by atoms with Crippen molar-refractivity contribution in [2.75, 3.05) is 0 Å². The van der Waals surface area contributed by atoms with Gasteiger partial charge in [-0.05, 0) is 0 Å². The van der Waals surface area contributed by atoms with Gasteiger partial charge in [-0.25, -0.2) is 9.00 Å². The third-order valence-corrected chi connectivity index (χ3v) is 1.37. The fraction of sp³-hybridized carbons (Fsp3) is 0. The van der Waals surface area contributed by atoms with Crippen LogP contribution in [0, 0.1) is 5.21 Å². The third-order valence-electron chi connectivity index (χ3n) is 0.639. The summed E-state index contributed by atoms with van der Waals surface area (Å²) < 4.78 is 13.1. The molecular weight excluding hydrogens is 146 g/mol. The van der Waals surface area contributed by atoms with E-state index < -0.39 is 17.2 Å². The van der Waals surface area contributed by atoms with Crippen LogP contribution in [0.2, 0.25) is 0 Å². The van der Waals surface area contributed by atoms with E-state index in [-0.39, 0.29) is 4.47 Å². The van der Waals surface area contributed by atoms with E-state index in [0.717, 1.165) is 6.34 Å². The Balaban J connectivity index is 2.81. The van der Waals surface area contributed by atoms with E-state index in [1.54, 1.807) is 0 Å². The highest BCUT2D eigenvalue weighted by Crippen LogP contribution is 1.96. The second-order valence-electron chi connectivity index (χ2n) is 1.17. The number of nitrogens with zero attached hydrogens (tertiary/aromatic N) is 2. The lowest BCUT2D eigenvalue weighted by molar-refractivity contribution is 0.237. The molecule has 1 atom stereocenters. The minimum Gasteiger partial charge on any atom is -0.741 e. The average molecular weight is 148 g/mol. The van der Waals surface area contributed by atoms with E-state index in [1.165, 1.54) is 0 Å². The molecule has 0 aromatic rings. The topological polar surface area (TPSA) is 84.8 Å². The van der Waals surface area contributed by atoms with Gasteiger partial charge in [-0.3, -0.25) is 9.79 Å². The van der Waals surface area contributed by atoms with Crippen LogP contribution in [0.3, 0.4) is 0 Å². The lowest BCUT2D eigenvalue weighted by Crippen LogP contribution is -2.39. The lowest BCUT2D eigenvalue weighted by Gasteiger charge is -2.24. The van der Waals surface area contributed by atoms with Gasteiger partial charge in [0.1, 0.15) is 6.34 Å². The minimum absolute atomic E-state index is 0.250. The Hall–Kier alpha value is -0.950. The maximum absolute atomic E-state index is 10.3. The van der Waals surface area contributed by atoms with E-state index in [2.05, 4.69) is 4.40 Å². The fourth-order valence-electron chi connectivity index (χ4n) is 0.293. The predicted octanol–water partition coefficient (Wildman–Crippen LogP) is -0.884. The molecule has 50 valence electrons. The van der Waals surface area contributed by atoms with Crippen molar-refractivity contribution in [3.05, 3.63) is 5.21 Å². The maximum Gasteiger partial charge on any atom is 0.325 e. The summed E-state index contributed by atoms with van der Waals surface area (Å²) in [6, 6.07) is -0.955. The highest BCUT2D eigenvalue weighted by atomic mass is 32.2. The molecule has 2 amide bonds. The summed E-state index contributed by atoms with van der Waals surface area (Å²) in [6.45, 7) is 0. The molecule has 0 fully saturated rings. The largest absolute Gasteiger partial charge is 0.741 e. The SMILES string of the molecule is O=C1NC=NS(=O)N1[O-]. The summed E-state index contributed by atoms with van der Waals surface area (Å²) in [4.78, 5) is 10.2. The number of rotatable bonds is 0. The number of urea groups is 1. The molecule has 7 heteroatoms. The zero-order valence-electron chi connectivity index (χ0n) is 4.10. The van der Waals surface area contributed by atoms with Gasteiger partial charge < -0.3 is 5.21 Å². The van der Waals surface area contributed by atoms with Gasteiger partial charge in [0, 0.05) is 0 Å². The van der Waals surface area contributed by atoms with Gasteiger partial charge >= 0.3 is 6.03 Å². The van der Waals surface area contributed by atoms with Crippen LogP contribution < -0.4 is 5.32 Å². The Morgan fingerprint density at radius 3 is 3.00 bits per heavy atom. The summed E-state index contributed by atoms with van der Waals surface area (Å²) in [6.07, 6.45) is 0.923. The van der Waals surface area contributed by atoms with Crippen molar-refractivity contribution < 1.29 is 9.00 Å². The Morgan fingerprint density at radius 1 is 1.89 bits per heavy atom. The molecule has 0 aliphatic carbocycles. The summed E-state index contributed by atoms with van der Waals surface area (Å²) in [5.41, 5.74) is 0. The summed E-state index contributed by atoms with van der Waals surface area (Å²) >= 11 is -2.08. The zero-order chi connectivity index (χ0) is 6.85. The summed E-state index contributed by atoms with van der Waals surface area (Å²) in [7, 11) is 0. The maximum atomic E-state index is 10.3. The molecular formula is C2H2N3O3S-. The molecule has 9 heavy (non-hydrogen) atoms. The van der Waals surface area contributed by atoms with Crippen LogP contribution in [0.25, 0.3) is 0 Å². The van der Waals surface area contributed by atoms with Gasteiger partial charge in [0.15, 0.2) is 0 Å². The molecule has 0 aromatic heterocycles. The molecule has 1 heterocycles. The van der Waals surface area contributed by atoms with E-state index in [1.807, 2.05) is 5.32 Å². The monoisotopic (exact) mass is 148 g/mol. The summed E-state index contributed by atoms with van der Waals surface area (Å²) in [5, 5.41) is 12.2. The van der Waals surface area contributed by atoms with Crippen molar-refractivity contribution in [1.29, 1.82) is 0 Å². The molecule has 0 bridgehead atoms. The van der Waals surface area contributed by atoms with E-state index in [0.29, 0.717) is 0 Å². The van der Waals surface area contributed by atoms with Gasteiger partial charge in [0.05, 0.1) is 0 Å². The number of hydroxylamine groups is 1. The molecule has 0 saturated heterocycles. The second kappa shape index (κ2) is 2.11. The predicted molar refractivity (Wildman–Crippen MR) is 30.4 cm³/mol. The molecule has 1 N–H and O–H groups in total. The first kappa shape index (κ1) is 6.17. The molecule has 1 aliphatic rings. The van der Waals surface area contributed by atoms with Crippen molar-refractivity contribution in [1.82, 2.24) is 9.79 Å². The van der Waals surface area contributed by atoms with Crippen LogP contribution in [0.1, 0.15) is 0 Å². The molecule has 1 unspecified atom stereocenters. The zero-order valence-corrected chi connectivity index (χ0v) is 4.92. The molecule has 1 rings (SSSR count). The Bertz CT molecular complexity index is 189. The number of carbonyl (C=O) groups excluding carboxylic acids is 1. The molecule has 1 aliphatic heterocycles. The normalized spacial score (nSPS) is 26.1. The first-order chi connectivity index (χ1) is 4.22. The van der Waals surface area contributed by atoms with Crippen molar-refractivity contribution >= 4 is 23.5 Å². The molecule has 0 spiro atoms. The number of hydrogen-bond donors (Lipinski definition) is 1. The van der Waals surface area contributed by atoms with Gasteiger partial charge in [0.25, 0.3) is 0 Å². The number of amides is 2. The number of carbonyl (C=O) groups is 1. The smallest absolute Gasteiger partial charge is 0.325 e. The highest BCUT2D eigenvalue weighted by molar-refractivity contribution is 7.82. The van der Waals surface area contributed by atoms with Crippen LogP contribution in [0.4, 0.5) is 4.79 Å². The summed E-state index contributed by atoms with van der Waals surface area (Å²) in [5.74, 6) is 0. The highest BCUT2D eigenvalue weighted by Gasteiger charge is 2.11. The minimum atomic E-state index is -2.08. The number of hydrogen-bond acceptors (Lipinski definition) is 3. The molecule has 0 saturated carbocycles. The number of nitrogens with one attached hydrogen (secondary N) is 1. The third kappa shape index (κ3) is 1.06. The van der Waals surface area contributed by atoms with Crippen LogP contribution >= 0.6 is 0 Å².